The Bertz CT molecular complexity index is 335. The quantitative estimate of drug-likeness (QED) is 0.696. The second-order valence-corrected chi connectivity index (χ2v) is 6.83. The summed E-state index contributed by atoms with van der Waals surface area (Å²) in [5, 5.41) is 3.24. The summed E-state index contributed by atoms with van der Waals surface area (Å²) in [6.45, 7) is 10.7. The highest BCUT2D eigenvalue weighted by molar-refractivity contribution is 5.86. The molecule has 0 aromatic rings. The molecule has 0 spiro atoms. The molecule has 2 fully saturated rings. The van der Waals surface area contributed by atoms with Crippen LogP contribution in [-0.2, 0) is 4.79 Å². The average molecular weight is 282 g/mol. The number of hydrogen-bond acceptors (Lipinski definition) is 4. The molecule has 0 bridgehead atoms. The zero-order valence-corrected chi connectivity index (χ0v) is 13.2. The van der Waals surface area contributed by atoms with E-state index < -0.39 is 5.54 Å². The third-order valence-electron chi connectivity index (χ3n) is 4.72. The molecular weight excluding hydrogens is 252 g/mol. The van der Waals surface area contributed by atoms with Crippen molar-refractivity contribution in [3.05, 3.63) is 0 Å². The SMILES string of the molecule is CNC(CN1CCN(CC(C)C)CC1)(C(N)=O)C1CC1. The van der Waals surface area contributed by atoms with Crippen molar-refractivity contribution >= 4 is 5.91 Å². The summed E-state index contributed by atoms with van der Waals surface area (Å²) in [5.74, 6) is 0.959. The topological polar surface area (TPSA) is 61.6 Å². The highest BCUT2D eigenvalue weighted by Gasteiger charge is 2.49. The molecule has 2 aliphatic rings. The van der Waals surface area contributed by atoms with E-state index in [1.165, 1.54) is 6.54 Å². The van der Waals surface area contributed by atoms with E-state index in [1.807, 2.05) is 7.05 Å². The smallest absolute Gasteiger partial charge is 0.239 e. The maximum absolute atomic E-state index is 11.9. The lowest BCUT2D eigenvalue weighted by Gasteiger charge is -2.41. The normalized spacial score (nSPS) is 24.8. The van der Waals surface area contributed by atoms with Gasteiger partial charge >= 0.3 is 0 Å². The largest absolute Gasteiger partial charge is 0.368 e. The number of piperazine rings is 1. The summed E-state index contributed by atoms with van der Waals surface area (Å²) in [6.07, 6.45) is 2.24. The van der Waals surface area contributed by atoms with Crippen LogP contribution in [0.5, 0.6) is 0 Å². The molecule has 0 radical (unpaired) electrons. The molecule has 116 valence electrons. The van der Waals surface area contributed by atoms with E-state index in [1.54, 1.807) is 0 Å². The minimum atomic E-state index is -0.514. The van der Waals surface area contributed by atoms with Crippen molar-refractivity contribution in [1.29, 1.82) is 0 Å². The van der Waals surface area contributed by atoms with Crippen molar-refractivity contribution in [3.8, 4) is 0 Å². The predicted molar refractivity (Wildman–Crippen MR) is 81.4 cm³/mol. The van der Waals surface area contributed by atoms with Crippen LogP contribution < -0.4 is 11.1 Å². The first-order chi connectivity index (χ1) is 9.48. The molecule has 1 heterocycles. The van der Waals surface area contributed by atoms with Crippen molar-refractivity contribution in [2.45, 2.75) is 32.2 Å². The molecule has 1 aliphatic heterocycles. The van der Waals surface area contributed by atoms with Crippen molar-refractivity contribution < 1.29 is 4.79 Å². The third-order valence-corrected chi connectivity index (χ3v) is 4.72. The van der Waals surface area contributed by atoms with Crippen LogP contribution in [0.25, 0.3) is 0 Å². The minimum Gasteiger partial charge on any atom is -0.368 e. The summed E-state index contributed by atoms with van der Waals surface area (Å²) in [5.41, 5.74) is 5.18. The molecular formula is C15H30N4O. The summed E-state index contributed by atoms with van der Waals surface area (Å²) in [7, 11) is 1.87. The lowest BCUT2D eigenvalue weighted by molar-refractivity contribution is -0.126. The minimum absolute atomic E-state index is 0.188. The van der Waals surface area contributed by atoms with Gasteiger partial charge in [0.1, 0.15) is 5.54 Å². The number of nitrogens with one attached hydrogen (secondary N) is 1. The monoisotopic (exact) mass is 282 g/mol. The molecule has 0 aromatic carbocycles. The van der Waals surface area contributed by atoms with Gasteiger partial charge in [0.15, 0.2) is 0 Å². The van der Waals surface area contributed by atoms with Gasteiger partial charge < -0.3 is 16.0 Å². The number of likely N-dealkylation sites (N-methyl/N-ethyl adjacent to an activating group) is 1. The van der Waals surface area contributed by atoms with Crippen molar-refractivity contribution in [1.82, 2.24) is 15.1 Å². The molecule has 0 aromatic heterocycles. The van der Waals surface area contributed by atoms with E-state index in [0.717, 1.165) is 51.5 Å². The molecule has 1 aliphatic carbocycles. The molecule has 1 saturated carbocycles. The molecule has 2 rings (SSSR count). The fourth-order valence-corrected chi connectivity index (χ4v) is 3.39. The Morgan fingerprint density at radius 3 is 2.20 bits per heavy atom. The van der Waals surface area contributed by atoms with Crippen LogP contribution in [0, 0.1) is 11.8 Å². The van der Waals surface area contributed by atoms with Crippen LogP contribution in [0.4, 0.5) is 0 Å². The van der Waals surface area contributed by atoms with Gasteiger partial charge in [0.2, 0.25) is 5.91 Å². The van der Waals surface area contributed by atoms with Gasteiger partial charge in [0.25, 0.3) is 0 Å². The first kappa shape index (κ1) is 15.7. The van der Waals surface area contributed by atoms with Gasteiger partial charge in [-0.3, -0.25) is 9.69 Å². The van der Waals surface area contributed by atoms with Crippen LogP contribution in [0.15, 0.2) is 0 Å². The number of nitrogens with zero attached hydrogens (tertiary/aromatic N) is 2. The van der Waals surface area contributed by atoms with Crippen molar-refractivity contribution in [2.24, 2.45) is 17.6 Å². The molecule has 1 amide bonds. The van der Waals surface area contributed by atoms with E-state index in [0.29, 0.717) is 5.92 Å². The fourth-order valence-electron chi connectivity index (χ4n) is 3.39. The van der Waals surface area contributed by atoms with Gasteiger partial charge in [0.05, 0.1) is 0 Å². The van der Waals surface area contributed by atoms with Gasteiger partial charge in [-0.15, -0.1) is 0 Å². The first-order valence-electron chi connectivity index (χ1n) is 7.91. The maximum Gasteiger partial charge on any atom is 0.239 e. The van der Waals surface area contributed by atoms with Gasteiger partial charge in [-0.25, -0.2) is 0 Å². The predicted octanol–water partition coefficient (Wildman–Crippen LogP) is 0.114. The van der Waals surface area contributed by atoms with E-state index in [-0.39, 0.29) is 5.91 Å². The second-order valence-electron chi connectivity index (χ2n) is 6.83. The lowest BCUT2D eigenvalue weighted by Crippen LogP contribution is -2.64. The Balaban J connectivity index is 1.88. The average Bonchev–Trinajstić information content (AvgIpc) is 3.21. The van der Waals surface area contributed by atoms with E-state index in [2.05, 4.69) is 29.0 Å². The summed E-state index contributed by atoms with van der Waals surface area (Å²) >= 11 is 0. The number of carbonyl (C=O) groups excluding carboxylic acids is 1. The number of carbonyl (C=O) groups is 1. The van der Waals surface area contributed by atoms with Crippen molar-refractivity contribution in [2.75, 3.05) is 46.3 Å². The highest BCUT2D eigenvalue weighted by atomic mass is 16.1. The standard InChI is InChI=1S/C15H30N4O/c1-12(2)10-18-6-8-19(9-7-18)11-15(17-3,14(16)20)13-4-5-13/h12-13,17H,4-11H2,1-3H3,(H2,16,20). The van der Waals surface area contributed by atoms with Crippen molar-refractivity contribution in [3.63, 3.8) is 0 Å². The Hall–Kier alpha value is -0.650. The molecule has 1 saturated heterocycles. The Labute approximate surface area is 122 Å². The molecule has 1 unspecified atom stereocenters. The summed E-state index contributed by atoms with van der Waals surface area (Å²) in [6, 6.07) is 0. The summed E-state index contributed by atoms with van der Waals surface area (Å²) < 4.78 is 0. The number of nitrogens with two attached hydrogens (primary N) is 1. The molecule has 5 heteroatoms. The van der Waals surface area contributed by atoms with Crippen LogP contribution in [0.3, 0.4) is 0 Å². The Morgan fingerprint density at radius 1 is 1.25 bits per heavy atom. The number of primary amides is 1. The van der Waals surface area contributed by atoms with E-state index in [9.17, 15) is 4.79 Å². The molecule has 5 nitrogen and oxygen atoms in total. The van der Waals surface area contributed by atoms with Crippen LogP contribution in [0.2, 0.25) is 0 Å². The van der Waals surface area contributed by atoms with Gasteiger partial charge in [-0.05, 0) is 31.7 Å². The zero-order valence-electron chi connectivity index (χ0n) is 13.2. The molecule has 20 heavy (non-hydrogen) atoms. The first-order valence-corrected chi connectivity index (χ1v) is 7.91. The van der Waals surface area contributed by atoms with Gasteiger partial charge in [-0.2, -0.15) is 0 Å². The number of amides is 1. The van der Waals surface area contributed by atoms with Crippen LogP contribution in [0.1, 0.15) is 26.7 Å². The van der Waals surface area contributed by atoms with E-state index >= 15 is 0 Å². The number of rotatable bonds is 7. The van der Waals surface area contributed by atoms with Crippen LogP contribution >= 0.6 is 0 Å². The zero-order chi connectivity index (χ0) is 14.8. The lowest BCUT2D eigenvalue weighted by atomic mass is 9.91. The third kappa shape index (κ3) is 3.51. The number of hydrogen-bond donors (Lipinski definition) is 2. The Morgan fingerprint density at radius 2 is 1.80 bits per heavy atom. The van der Waals surface area contributed by atoms with Gasteiger partial charge in [-0.1, -0.05) is 13.8 Å². The van der Waals surface area contributed by atoms with Gasteiger partial charge in [0, 0.05) is 39.3 Å². The van der Waals surface area contributed by atoms with Crippen LogP contribution in [-0.4, -0.2) is 67.6 Å². The molecule has 3 N–H and O–H groups in total. The Kier molecular flexibility index (Phi) is 5.04. The maximum atomic E-state index is 11.9. The fraction of sp³-hybridized carbons (Fsp3) is 0.933. The highest BCUT2D eigenvalue weighted by Crippen LogP contribution is 2.40. The molecule has 1 atom stereocenters. The second kappa shape index (κ2) is 6.41. The van der Waals surface area contributed by atoms with E-state index in [4.69, 9.17) is 5.73 Å². The summed E-state index contributed by atoms with van der Waals surface area (Å²) in [4.78, 5) is 16.9.